The molecule has 3 rings (SSSR count). The summed E-state index contributed by atoms with van der Waals surface area (Å²) in [6.45, 7) is 4.90. The summed E-state index contributed by atoms with van der Waals surface area (Å²) in [7, 11) is 0. The van der Waals surface area contributed by atoms with Crippen molar-refractivity contribution < 1.29 is 14.3 Å². The lowest BCUT2D eigenvalue weighted by Gasteiger charge is -2.15. The minimum Gasteiger partial charge on any atom is -0.493 e. The molecule has 4 nitrogen and oxygen atoms in total. The average molecular weight is 410 g/mol. The van der Waals surface area contributed by atoms with Crippen LogP contribution in [0.25, 0.3) is 22.3 Å². The lowest BCUT2D eigenvalue weighted by atomic mass is 9.95. The third kappa shape index (κ3) is 5.15. The van der Waals surface area contributed by atoms with Crippen molar-refractivity contribution >= 4 is 17.6 Å². The Morgan fingerprint density at radius 2 is 1.90 bits per heavy atom. The molecule has 0 saturated carbocycles. The van der Waals surface area contributed by atoms with Crippen LogP contribution in [0, 0.1) is 0 Å². The molecular weight excluding hydrogens is 386 g/mol. The van der Waals surface area contributed by atoms with Crippen LogP contribution in [-0.2, 0) is 4.74 Å². The van der Waals surface area contributed by atoms with Gasteiger partial charge in [0.05, 0.1) is 18.8 Å². The van der Waals surface area contributed by atoms with Crippen LogP contribution in [0.4, 0.5) is 0 Å². The van der Waals surface area contributed by atoms with Crippen LogP contribution in [0.15, 0.2) is 60.9 Å². The SMILES string of the molecule is CCCCOc1ccc(Cl)cc1-c1ccncc1-c1cccc(C(=O)OCC)c1. The second-order valence-electron chi connectivity index (χ2n) is 6.57. The van der Waals surface area contributed by atoms with E-state index in [-0.39, 0.29) is 5.97 Å². The molecule has 0 spiro atoms. The number of pyridine rings is 1. The Bertz CT molecular complexity index is 987. The summed E-state index contributed by atoms with van der Waals surface area (Å²) in [5.41, 5.74) is 4.10. The van der Waals surface area contributed by atoms with Crippen molar-refractivity contribution in [2.75, 3.05) is 13.2 Å². The summed E-state index contributed by atoms with van der Waals surface area (Å²) in [6, 6.07) is 14.9. The van der Waals surface area contributed by atoms with E-state index in [0.29, 0.717) is 23.8 Å². The Kier molecular flexibility index (Phi) is 7.25. The number of esters is 1. The molecular formula is C24H24ClNO3. The molecule has 0 bridgehead atoms. The first kappa shape index (κ1) is 20.9. The van der Waals surface area contributed by atoms with Crippen molar-refractivity contribution in [1.82, 2.24) is 4.98 Å². The van der Waals surface area contributed by atoms with Crippen LogP contribution in [-0.4, -0.2) is 24.2 Å². The maximum absolute atomic E-state index is 12.2. The number of hydrogen-bond acceptors (Lipinski definition) is 4. The van der Waals surface area contributed by atoms with Crippen molar-refractivity contribution in [3.05, 3.63) is 71.5 Å². The van der Waals surface area contributed by atoms with E-state index < -0.39 is 0 Å². The van der Waals surface area contributed by atoms with Gasteiger partial charge in [-0.25, -0.2) is 4.79 Å². The maximum atomic E-state index is 12.2. The fourth-order valence-corrected chi connectivity index (χ4v) is 3.22. The average Bonchev–Trinajstić information content (AvgIpc) is 2.75. The highest BCUT2D eigenvalue weighted by Crippen LogP contribution is 2.38. The van der Waals surface area contributed by atoms with E-state index in [1.54, 1.807) is 25.4 Å². The van der Waals surface area contributed by atoms with E-state index in [2.05, 4.69) is 11.9 Å². The Labute approximate surface area is 176 Å². The van der Waals surface area contributed by atoms with E-state index in [1.807, 2.05) is 42.5 Å². The van der Waals surface area contributed by atoms with E-state index in [9.17, 15) is 4.79 Å². The number of rotatable bonds is 8. The van der Waals surface area contributed by atoms with Crippen molar-refractivity contribution in [3.8, 4) is 28.0 Å². The van der Waals surface area contributed by atoms with Gasteiger partial charge >= 0.3 is 5.97 Å². The lowest BCUT2D eigenvalue weighted by molar-refractivity contribution is 0.0526. The van der Waals surface area contributed by atoms with Gasteiger partial charge in [-0.2, -0.15) is 0 Å². The number of nitrogens with zero attached hydrogens (tertiary/aromatic N) is 1. The van der Waals surface area contributed by atoms with Gasteiger partial charge in [0.25, 0.3) is 0 Å². The maximum Gasteiger partial charge on any atom is 0.338 e. The number of halogens is 1. The number of benzene rings is 2. The molecule has 0 fully saturated rings. The number of ether oxygens (including phenoxy) is 2. The first-order valence-corrected chi connectivity index (χ1v) is 10.2. The summed E-state index contributed by atoms with van der Waals surface area (Å²) < 4.78 is 11.1. The number of carbonyl (C=O) groups is 1. The highest BCUT2D eigenvalue weighted by molar-refractivity contribution is 6.31. The minimum absolute atomic E-state index is 0.335. The van der Waals surface area contributed by atoms with Crippen LogP contribution in [0.2, 0.25) is 5.02 Å². The molecule has 0 aliphatic heterocycles. The summed E-state index contributed by atoms with van der Waals surface area (Å²) in [5, 5.41) is 0.630. The molecule has 0 radical (unpaired) electrons. The second kappa shape index (κ2) is 10.1. The van der Waals surface area contributed by atoms with Gasteiger partial charge in [0.1, 0.15) is 5.75 Å². The molecule has 29 heavy (non-hydrogen) atoms. The van der Waals surface area contributed by atoms with Gasteiger partial charge in [-0.3, -0.25) is 4.98 Å². The number of carbonyl (C=O) groups excluding carboxylic acids is 1. The predicted molar refractivity (Wildman–Crippen MR) is 116 cm³/mol. The molecule has 0 saturated heterocycles. The number of hydrogen-bond donors (Lipinski definition) is 0. The molecule has 0 aliphatic rings. The quantitative estimate of drug-likeness (QED) is 0.318. The van der Waals surface area contributed by atoms with Crippen LogP contribution < -0.4 is 4.74 Å². The molecule has 0 atom stereocenters. The molecule has 0 unspecified atom stereocenters. The minimum atomic E-state index is -0.342. The Hall–Kier alpha value is -2.85. The number of aromatic nitrogens is 1. The van der Waals surface area contributed by atoms with Crippen molar-refractivity contribution in [2.24, 2.45) is 0 Å². The standard InChI is InChI=1S/C24H24ClNO3/c1-3-5-13-29-23-10-9-19(25)15-21(23)20-11-12-26-16-22(20)17-7-6-8-18(14-17)24(27)28-4-2/h6-12,14-16H,3-5,13H2,1-2H3. The van der Waals surface area contributed by atoms with Gasteiger partial charge in [-0.05, 0) is 60.9 Å². The molecule has 0 N–H and O–H groups in total. The first-order valence-electron chi connectivity index (χ1n) is 9.78. The topological polar surface area (TPSA) is 48.4 Å². The van der Waals surface area contributed by atoms with E-state index >= 15 is 0 Å². The van der Waals surface area contributed by atoms with Gasteiger partial charge in [0.15, 0.2) is 0 Å². The molecule has 1 heterocycles. The largest absolute Gasteiger partial charge is 0.493 e. The molecule has 2 aromatic carbocycles. The van der Waals surface area contributed by atoms with Gasteiger partial charge < -0.3 is 9.47 Å². The highest BCUT2D eigenvalue weighted by atomic mass is 35.5. The smallest absolute Gasteiger partial charge is 0.338 e. The molecule has 5 heteroatoms. The van der Waals surface area contributed by atoms with Crippen LogP contribution in [0.3, 0.4) is 0 Å². The van der Waals surface area contributed by atoms with E-state index in [1.165, 1.54) is 0 Å². The van der Waals surface area contributed by atoms with Gasteiger partial charge in [0, 0.05) is 28.5 Å². The fourth-order valence-electron chi connectivity index (χ4n) is 3.05. The monoisotopic (exact) mass is 409 g/mol. The van der Waals surface area contributed by atoms with Gasteiger partial charge in [-0.15, -0.1) is 0 Å². The molecule has 150 valence electrons. The molecule has 0 amide bonds. The van der Waals surface area contributed by atoms with Gasteiger partial charge in [-0.1, -0.05) is 37.1 Å². The fraction of sp³-hybridized carbons (Fsp3) is 0.250. The predicted octanol–water partition coefficient (Wildman–Crippen LogP) is 6.42. The third-order valence-electron chi connectivity index (χ3n) is 4.49. The molecule has 0 aliphatic carbocycles. The zero-order valence-electron chi connectivity index (χ0n) is 16.7. The third-order valence-corrected chi connectivity index (χ3v) is 4.73. The second-order valence-corrected chi connectivity index (χ2v) is 7.00. The molecule has 3 aromatic rings. The molecule has 1 aromatic heterocycles. The van der Waals surface area contributed by atoms with Crippen LogP contribution in [0.1, 0.15) is 37.0 Å². The van der Waals surface area contributed by atoms with Gasteiger partial charge in [0.2, 0.25) is 0 Å². The summed E-state index contributed by atoms with van der Waals surface area (Å²) >= 11 is 6.30. The Morgan fingerprint density at radius 3 is 2.69 bits per heavy atom. The highest BCUT2D eigenvalue weighted by Gasteiger charge is 2.15. The van der Waals surface area contributed by atoms with Crippen molar-refractivity contribution in [3.63, 3.8) is 0 Å². The normalized spacial score (nSPS) is 10.6. The summed E-state index contributed by atoms with van der Waals surface area (Å²) in [4.78, 5) is 16.4. The first-order chi connectivity index (χ1) is 14.1. The summed E-state index contributed by atoms with van der Waals surface area (Å²) in [6.07, 6.45) is 5.57. The van der Waals surface area contributed by atoms with E-state index in [0.717, 1.165) is 40.8 Å². The zero-order valence-corrected chi connectivity index (χ0v) is 17.4. The zero-order chi connectivity index (χ0) is 20.6. The Balaban J connectivity index is 2.06. The van der Waals surface area contributed by atoms with Crippen LogP contribution >= 0.6 is 11.6 Å². The lowest BCUT2D eigenvalue weighted by Crippen LogP contribution is -2.04. The number of unbranched alkanes of at least 4 members (excludes halogenated alkanes) is 1. The summed E-state index contributed by atoms with van der Waals surface area (Å²) in [5.74, 6) is 0.433. The van der Waals surface area contributed by atoms with Crippen molar-refractivity contribution in [2.45, 2.75) is 26.7 Å². The Morgan fingerprint density at radius 1 is 1.03 bits per heavy atom. The van der Waals surface area contributed by atoms with Crippen LogP contribution in [0.5, 0.6) is 5.75 Å². The van der Waals surface area contributed by atoms with Crippen molar-refractivity contribution in [1.29, 1.82) is 0 Å². The van der Waals surface area contributed by atoms with E-state index in [4.69, 9.17) is 21.1 Å².